The molecule has 0 fully saturated rings. The van der Waals surface area contributed by atoms with Crippen molar-refractivity contribution in [2.24, 2.45) is 0 Å². The smallest absolute Gasteiger partial charge is 0.171 e. The molecule has 0 amide bonds. The number of furan rings is 1. The van der Waals surface area contributed by atoms with Crippen molar-refractivity contribution in [2.75, 3.05) is 5.32 Å². The Morgan fingerprint density at radius 3 is 2.67 bits per heavy atom. The molecule has 2 heterocycles. The zero-order chi connectivity index (χ0) is 16.9. The fraction of sp³-hybridized carbons (Fsp3) is 0.222. The van der Waals surface area contributed by atoms with Gasteiger partial charge in [-0.2, -0.15) is 5.10 Å². The lowest BCUT2D eigenvalue weighted by Gasteiger charge is -2.10. The van der Waals surface area contributed by atoms with Gasteiger partial charge >= 0.3 is 0 Å². The van der Waals surface area contributed by atoms with E-state index in [-0.39, 0.29) is 0 Å². The first-order valence-electron chi connectivity index (χ1n) is 7.78. The first-order chi connectivity index (χ1) is 11.6. The van der Waals surface area contributed by atoms with Gasteiger partial charge in [-0.3, -0.25) is 4.68 Å². The maximum absolute atomic E-state index is 5.37. The maximum Gasteiger partial charge on any atom is 0.171 e. The molecule has 0 saturated carbocycles. The number of aryl methyl sites for hydroxylation is 1. The van der Waals surface area contributed by atoms with Gasteiger partial charge in [-0.1, -0.05) is 30.3 Å². The van der Waals surface area contributed by atoms with E-state index in [4.69, 9.17) is 16.6 Å². The average Bonchev–Trinajstić information content (AvgIpc) is 3.18. The highest BCUT2D eigenvalue weighted by molar-refractivity contribution is 7.80. The summed E-state index contributed by atoms with van der Waals surface area (Å²) in [5.41, 5.74) is 4.14. The Morgan fingerprint density at radius 2 is 1.96 bits per heavy atom. The van der Waals surface area contributed by atoms with Gasteiger partial charge in [0.25, 0.3) is 0 Å². The number of hydrogen-bond donors (Lipinski definition) is 2. The van der Waals surface area contributed by atoms with Gasteiger partial charge in [0.1, 0.15) is 5.76 Å². The second-order valence-electron chi connectivity index (χ2n) is 5.58. The van der Waals surface area contributed by atoms with Gasteiger partial charge in [-0.15, -0.1) is 0 Å². The number of nitrogens with zero attached hydrogens (tertiary/aromatic N) is 2. The predicted molar refractivity (Wildman–Crippen MR) is 99.0 cm³/mol. The molecular weight excluding hydrogens is 320 g/mol. The lowest BCUT2D eigenvalue weighted by molar-refractivity contribution is 0.503. The van der Waals surface area contributed by atoms with Crippen LogP contribution in [0.5, 0.6) is 0 Å². The normalized spacial score (nSPS) is 10.6. The third-order valence-electron chi connectivity index (χ3n) is 3.80. The maximum atomic E-state index is 5.37. The number of nitrogens with one attached hydrogen (secondary N) is 2. The predicted octanol–water partition coefficient (Wildman–Crippen LogP) is 3.63. The topological polar surface area (TPSA) is 55.0 Å². The second kappa shape index (κ2) is 7.31. The van der Waals surface area contributed by atoms with Crippen LogP contribution in [-0.2, 0) is 13.1 Å². The first-order valence-corrected chi connectivity index (χ1v) is 8.19. The summed E-state index contributed by atoms with van der Waals surface area (Å²) in [5.74, 6) is 0.840. The van der Waals surface area contributed by atoms with E-state index in [9.17, 15) is 0 Å². The number of rotatable bonds is 5. The third-order valence-corrected chi connectivity index (χ3v) is 4.04. The highest BCUT2D eigenvalue weighted by Gasteiger charge is 2.13. The molecule has 3 aromatic rings. The highest BCUT2D eigenvalue weighted by Crippen LogP contribution is 2.20. The summed E-state index contributed by atoms with van der Waals surface area (Å²) < 4.78 is 7.27. The van der Waals surface area contributed by atoms with Crippen LogP contribution >= 0.6 is 12.2 Å². The number of aromatic nitrogens is 2. The summed E-state index contributed by atoms with van der Waals surface area (Å²) in [6, 6.07) is 14.0. The van der Waals surface area contributed by atoms with Crippen molar-refractivity contribution in [3.8, 4) is 0 Å². The lowest BCUT2D eigenvalue weighted by Crippen LogP contribution is -2.28. The van der Waals surface area contributed by atoms with Crippen LogP contribution < -0.4 is 10.6 Å². The molecule has 3 rings (SSSR count). The van der Waals surface area contributed by atoms with E-state index >= 15 is 0 Å². The van der Waals surface area contributed by atoms with E-state index in [1.165, 1.54) is 5.56 Å². The minimum Gasteiger partial charge on any atom is -0.467 e. The summed E-state index contributed by atoms with van der Waals surface area (Å²) in [5, 5.41) is 11.5. The van der Waals surface area contributed by atoms with Gasteiger partial charge in [0.15, 0.2) is 5.11 Å². The Kier molecular flexibility index (Phi) is 4.96. The summed E-state index contributed by atoms with van der Waals surface area (Å²) >= 11 is 5.37. The minimum absolute atomic E-state index is 0.551. The Morgan fingerprint density at radius 1 is 1.17 bits per heavy atom. The van der Waals surface area contributed by atoms with Crippen molar-refractivity contribution in [1.29, 1.82) is 0 Å². The Hall–Kier alpha value is -2.60. The van der Waals surface area contributed by atoms with Crippen LogP contribution in [0.4, 0.5) is 5.69 Å². The molecule has 6 heteroatoms. The standard InChI is InChI=1S/C18H20N4OS/c1-13-17(20-18(24)19-11-16-9-6-10-23-16)14(2)22(21-13)12-15-7-4-3-5-8-15/h3-10H,11-12H2,1-2H3,(H2,19,20,24). The van der Waals surface area contributed by atoms with Crippen molar-refractivity contribution in [1.82, 2.24) is 15.1 Å². The molecule has 0 unspecified atom stereocenters. The van der Waals surface area contributed by atoms with Crippen molar-refractivity contribution in [3.63, 3.8) is 0 Å². The average molecular weight is 340 g/mol. The molecule has 0 spiro atoms. The van der Waals surface area contributed by atoms with Crippen LogP contribution in [0.2, 0.25) is 0 Å². The number of anilines is 1. The molecule has 2 aromatic heterocycles. The van der Waals surface area contributed by atoms with Gasteiger partial charge < -0.3 is 15.1 Å². The van der Waals surface area contributed by atoms with Gasteiger partial charge in [0, 0.05) is 0 Å². The molecule has 5 nitrogen and oxygen atoms in total. The van der Waals surface area contributed by atoms with Crippen molar-refractivity contribution < 1.29 is 4.42 Å². The van der Waals surface area contributed by atoms with E-state index in [1.54, 1.807) is 6.26 Å². The van der Waals surface area contributed by atoms with Gasteiger partial charge in [0.05, 0.1) is 36.4 Å². The highest BCUT2D eigenvalue weighted by atomic mass is 32.1. The monoisotopic (exact) mass is 340 g/mol. The number of thiocarbonyl (C=S) groups is 1. The van der Waals surface area contributed by atoms with E-state index in [1.807, 2.05) is 48.9 Å². The molecule has 24 heavy (non-hydrogen) atoms. The second-order valence-corrected chi connectivity index (χ2v) is 5.98. The minimum atomic E-state index is 0.551. The molecule has 0 aliphatic rings. The summed E-state index contributed by atoms with van der Waals surface area (Å²) in [6.45, 7) is 5.31. The zero-order valence-electron chi connectivity index (χ0n) is 13.7. The molecule has 0 bridgehead atoms. The Bertz CT molecular complexity index is 809. The largest absolute Gasteiger partial charge is 0.467 e. The summed E-state index contributed by atoms with van der Waals surface area (Å²) in [6.07, 6.45) is 1.65. The Labute approximate surface area is 146 Å². The summed E-state index contributed by atoms with van der Waals surface area (Å²) in [4.78, 5) is 0. The van der Waals surface area contributed by atoms with Gasteiger partial charge in [-0.05, 0) is 43.8 Å². The number of hydrogen-bond acceptors (Lipinski definition) is 3. The van der Waals surface area contributed by atoms with E-state index in [0.717, 1.165) is 29.4 Å². The molecule has 0 radical (unpaired) electrons. The SMILES string of the molecule is Cc1nn(Cc2ccccc2)c(C)c1NC(=S)NCc1ccco1. The fourth-order valence-corrected chi connectivity index (χ4v) is 2.70. The fourth-order valence-electron chi connectivity index (χ4n) is 2.53. The van der Waals surface area contributed by atoms with Crippen LogP contribution in [0.1, 0.15) is 22.7 Å². The molecule has 2 N–H and O–H groups in total. The molecule has 0 atom stereocenters. The molecule has 0 aliphatic carbocycles. The van der Waals surface area contributed by atoms with Crippen molar-refractivity contribution in [3.05, 3.63) is 71.4 Å². The van der Waals surface area contributed by atoms with Crippen molar-refractivity contribution in [2.45, 2.75) is 26.9 Å². The van der Waals surface area contributed by atoms with Crippen LogP contribution in [0.25, 0.3) is 0 Å². The van der Waals surface area contributed by atoms with E-state index in [0.29, 0.717) is 11.7 Å². The molecule has 0 saturated heterocycles. The quantitative estimate of drug-likeness (QED) is 0.695. The van der Waals surface area contributed by atoms with Crippen LogP contribution in [-0.4, -0.2) is 14.9 Å². The van der Waals surface area contributed by atoms with Crippen LogP contribution in [0.15, 0.2) is 53.1 Å². The van der Waals surface area contributed by atoms with Gasteiger partial charge in [-0.25, -0.2) is 0 Å². The molecule has 0 aliphatic heterocycles. The Balaban J connectivity index is 1.66. The van der Waals surface area contributed by atoms with Gasteiger partial charge in [0.2, 0.25) is 0 Å². The van der Waals surface area contributed by atoms with Crippen molar-refractivity contribution >= 4 is 23.0 Å². The van der Waals surface area contributed by atoms with E-state index in [2.05, 4.69) is 27.9 Å². The van der Waals surface area contributed by atoms with Crippen LogP contribution in [0, 0.1) is 13.8 Å². The zero-order valence-corrected chi connectivity index (χ0v) is 14.6. The molecule has 1 aromatic carbocycles. The first kappa shape index (κ1) is 16.3. The molecule has 124 valence electrons. The molecular formula is C18H20N4OS. The van der Waals surface area contributed by atoms with E-state index < -0.39 is 0 Å². The third kappa shape index (κ3) is 3.83. The lowest BCUT2D eigenvalue weighted by atomic mass is 10.2. The number of benzene rings is 1. The van der Waals surface area contributed by atoms with Crippen LogP contribution in [0.3, 0.4) is 0 Å². The summed E-state index contributed by atoms with van der Waals surface area (Å²) in [7, 11) is 0.